The monoisotopic (exact) mass is 396 g/mol. The van der Waals surface area contributed by atoms with Gasteiger partial charge in [-0.2, -0.15) is 0 Å². The van der Waals surface area contributed by atoms with E-state index in [1.54, 1.807) is 0 Å². The van der Waals surface area contributed by atoms with Gasteiger partial charge in [0.1, 0.15) is 5.69 Å². The first-order chi connectivity index (χ1) is 11.5. The normalized spacial score (nSPS) is 25.2. The van der Waals surface area contributed by atoms with Crippen molar-refractivity contribution < 1.29 is 9.53 Å². The maximum absolute atomic E-state index is 12.0. The van der Waals surface area contributed by atoms with E-state index in [4.69, 9.17) is 39.5 Å². The average Bonchev–Trinajstić information content (AvgIpc) is 2.98. The Kier molecular flexibility index (Phi) is 8.59. The Morgan fingerprint density at radius 3 is 2.75 bits per heavy atom. The van der Waals surface area contributed by atoms with Crippen LogP contribution in [0, 0.1) is 0 Å². The Balaban J connectivity index is 0.000000471. The molecule has 1 fully saturated rings. The minimum atomic E-state index is -0.750. The number of amides is 1. The number of fused-ring (bicyclic) bond motifs is 3. The van der Waals surface area contributed by atoms with E-state index in [0.717, 1.165) is 37.9 Å². The highest BCUT2D eigenvalue weighted by atomic mass is 35.6. The molecule has 1 aliphatic heterocycles. The van der Waals surface area contributed by atoms with Crippen molar-refractivity contribution in [2.24, 2.45) is 0 Å². The molecule has 24 heavy (non-hydrogen) atoms. The van der Waals surface area contributed by atoms with Gasteiger partial charge < -0.3 is 10.1 Å². The number of halogens is 3. The number of hydrogen-bond acceptors (Lipinski definition) is 4. The molecule has 1 aliphatic carbocycles. The van der Waals surface area contributed by atoms with E-state index < -0.39 is 4.30 Å². The van der Waals surface area contributed by atoms with Crippen molar-refractivity contribution in [1.29, 1.82) is 0 Å². The van der Waals surface area contributed by atoms with E-state index in [1.165, 1.54) is 12.8 Å². The zero-order chi connectivity index (χ0) is 17.4. The lowest BCUT2D eigenvalue weighted by molar-refractivity contribution is -0.124. The molecule has 3 rings (SSSR count). The van der Waals surface area contributed by atoms with Crippen LogP contribution in [0.1, 0.15) is 50.6 Å². The van der Waals surface area contributed by atoms with Gasteiger partial charge in [-0.05, 0) is 25.7 Å². The fourth-order valence-electron chi connectivity index (χ4n) is 3.01. The standard InChI is InChI=1S/C14H22N4O2.CHCl3/c19-14-7-3-4-8-18-9-11(16-17-18)10-20-13-6-2-1-5-12(13)15-14;2-1(3)4/h9,12-13H,1-8,10H2,(H,15,19);1H/t12-,13-;/m0./s1. The molecule has 2 heterocycles. The summed E-state index contributed by atoms with van der Waals surface area (Å²) in [5, 5.41) is 11.4. The topological polar surface area (TPSA) is 69.0 Å². The van der Waals surface area contributed by atoms with E-state index in [0.29, 0.717) is 13.0 Å². The molecule has 2 bridgehead atoms. The molecule has 6 nitrogen and oxygen atoms in total. The molecule has 2 atom stereocenters. The summed E-state index contributed by atoms with van der Waals surface area (Å²) in [6.07, 6.45) is 8.85. The lowest BCUT2D eigenvalue weighted by atomic mass is 9.92. The molecule has 0 unspecified atom stereocenters. The largest absolute Gasteiger partial charge is 0.370 e. The van der Waals surface area contributed by atoms with E-state index >= 15 is 0 Å². The Labute approximate surface area is 157 Å². The molecule has 0 spiro atoms. The van der Waals surface area contributed by atoms with Crippen LogP contribution in [0.25, 0.3) is 0 Å². The van der Waals surface area contributed by atoms with Gasteiger partial charge in [0.25, 0.3) is 0 Å². The second-order valence-corrected chi connectivity index (χ2v) is 7.96. The van der Waals surface area contributed by atoms with Crippen molar-refractivity contribution in [3.63, 3.8) is 0 Å². The first-order valence-corrected chi connectivity index (χ1v) is 9.57. The third-order valence-electron chi connectivity index (χ3n) is 4.12. The predicted molar refractivity (Wildman–Crippen MR) is 94.2 cm³/mol. The van der Waals surface area contributed by atoms with Crippen LogP contribution < -0.4 is 5.32 Å². The molecular weight excluding hydrogens is 375 g/mol. The summed E-state index contributed by atoms with van der Waals surface area (Å²) in [7, 11) is 0. The zero-order valence-corrected chi connectivity index (χ0v) is 15.7. The van der Waals surface area contributed by atoms with Gasteiger partial charge >= 0.3 is 0 Å². The van der Waals surface area contributed by atoms with Crippen LogP contribution >= 0.6 is 34.8 Å². The number of carbonyl (C=O) groups is 1. The Morgan fingerprint density at radius 2 is 1.96 bits per heavy atom. The molecule has 0 radical (unpaired) electrons. The van der Waals surface area contributed by atoms with E-state index in [2.05, 4.69) is 15.6 Å². The number of hydrogen-bond donors (Lipinski definition) is 1. The SMILES string of the molecule is ClC(Cl)Cl.O=C1CCCCn2cc(nn2)CO[C@H]2CCCC[C@@H]2N1. The van der Waals surface area contributed by atoms with Crippen LogP contribution in [-0.4, -0.2) is 37.3 Å². The third-order valence-corrected chi connectivity index (χ3v) is 4.12. The molecule has 136 valence electrons. The number of carbonyl (C=O) groups excluding carboxylic acids is 1. The van der Waals surface area contributed by atoms with Gasteiger partial charge in [-0.1, -0.05) is 52.9 Å². The van der Waals surface area contributed by atoms with Crippen molar-refractivity contribution in [1.82, 2.24) is 20.3 Å². The molecule has 1 aromatic rings. The van der Waals surface area contributed by atoms with Crippen molar-refractivity contribution in [2.75, 3.05) is 0 Å². The number of nitrogens with zero attached hydrogens (tertiary/aromatic N) is 3. The van der Waals surface area contributed by atoms with Crippen LogP contribution in [0.15, 0.2) is 6.20 Å². The fourth-order valence-corrected chi connectivity index (χ4v) is 3.01. The van der Waals surface area contributed by atoms with Crippen molar-refractivity contribution >= 4 is 40.7 Å². The fraction of sp³-hybridized carbons (Fsp3) is 0.800. The van der Waals surface area contributed by atoms with E-state index in [9.17, 15) is 4.79 Å². The summed E-state index contributed by atoms with van der Waals surface area (Å²) in [5.41, 5.74) is 0.875. The molecule has 9 heteroatoms. The summed E-state index contributed by atoms with van der Waals surface area (Å²) in [6, 6.07) is 0.159. The maximum Gasteiger partial charge on any atom is 0.220 e. The average molecular weight is 398 g/mol. The summed E-state index contributed by atoms with van der Waals surface area (Å²) in [5.74, 6) is 0.156. The molecule has 1 amide bonds. The highest BCUT2D eigenvalue weighted by Crippen LogP contribution is 2.22. The van der Waals surface area contributed by atoms with Gasteiger partial charge in [-0.15, -0.1) is 5.10 Å². The zero-order valence-electron chi connectivity index (χ0n) is 13.5. The van der Waals surface area contributed by atoms with Crippen molar-refractivity contribution in [2.45, 2.75) is 74.5 Å². The molecule has 2 aliphatic rings. The molecule has 1 aromatic heterocycles. The van der Waals surface area contributed by atoms with Gasteiger partial charge in [0.2, 0.25) is 5.91 Å². The number of rotatable bonds is 0. The van der Waals surface area contributed by atoms with Crippen LogP contribution in [0.4, 0.5) is 0 Å². The number of alkyl halides is 3. The number of aromatic nitrogens is 3. The lowest BCUT2D eigenvalue weighted by Crippen LogP contribution is -2.46. The Morgan fingerprint density at radius 1 is 1.21 bits per heavy atom. The smallest absolute Gasteiger partial charge is 0.220 e. The van der Waals surface area contributed by atoms with E-state index in [1.807, 2.05) is 10.9 Å². The highest BCUT2D eigenvalue weighted by Gasteiger charge is 2.27. The predicted octanol–water partition coefficient (Wildman–Crippen LogP) is 3.39. The van der Waals surface area contributed by atoms with Gasteiger partial charge in [-0.3, -0.25) is 9.48 Å². The van der Waals surface area contributed by atoms with Gasteiger partial charge in [-0.25, -0.2) is 0 Å². The minimum absolute atomic E-state index is 0.110. The summed E-state index contributed by atoms with van der Waals surface area (Å²) < 4.78 is 7.06. The quantitative estimate of drug-likeness (QED) is 0.681. The summed E-state index contributed by atoms with van der Waals surface area (Å²) >= 11 is 14.4. The second kappa shape index (κ2) is 10.4. The maximum atomic E-state index is 12.0. The second-order valence-electron chi connectivity index (χ2n) is 5.99. The van der Waals surface area contributed by atoms with Crippen molar-refractivity contribution in [3.8, 4) is 0 Å². The van der Waals surface area contributed by atoms with Crippen LogP contribution in [0.3, 0.4) is 0 Å². The van der Waals surface area contributed by atoms with Crippen molar-refractivity contribution in [3.05, 3.63) is 11.9 Å². The Hall–Kier alpha value is -0.560. The lowest BCUT2D eigenvalue weighted by Gasteiger charge is -2.32. The Bertz CT molecular complexity index is 510. The number of ether oxygens (including phenoxy) is 1. The first kappa shape index (κ1) is 19.8. The van der Waals surface area contributed by atoms with Gasteiger partial charge in [0, 0.05) is 13.0 Å². The summed E-state index contributed by atoms with van der Waals surface area (Å²) in [4.78, 5) is 12.0. The van der Waals surface area contributed by atoms with Gasteiger partial charge in [0.15, 0.2) is 4.30 Å². The summed E-state index contributed by atoms with van der Waals surface area (Å²) in [6.45, 7) is 1.30. The minimum Gasteiger partial charge on any atom is -0.370 e. The van der Waals surface area contributed by atoms with Gasteiger partial charge in [0.05, 0.1) is 24.9 Å². The molecule has 1 N–H and O–H groups in total. The van der Waals surface area contributed by atoms with Crippen LogP contribution in [-0.2, 0) is 22.7 Å². The van der Waals surface area contributed by atoms with Crippen LogP contribution in [0.5, 0.6) is 0 Å². The number of aryl methyl sites for hydroxylation is 1. The first-order valence-electron chi connectivity index (χ1n) is 8.27. The molecule has 0 aromatic carbocycles. The molecular formula is C15H23Cl3N4O2. The van der Waals surface area contributed by atoms with E-state index in [-0.39, 0.29) is 18.1 Å². The third kappa shape index (κ3) is 7.13. The highest BCUT2D eigenvalue weighted by molar-refractivity contribution is 6.63. The molecule has 1 saturated carbocycles. The molecule has 0 saturated heterocycles. The number of nitrogens with one attached hydrogen (secondary N) is 1. The van der Waals surface area contributed by atoms with Crippen LogP contribution in [0.2, 0.25) is 0 Å².